The van der Waals surface area contributed by atoms with Gasteiger partial charge in [-0.15, -0.1) is 0 Å². The second kappa shape index (κ2) is 8.08. The van der Waals surface area contributed by atoms with Gasteiger partial charge in [0.1, 0.15) is 5.82 Å². The van der Waals surface area contributed by atoms with Crippen molar-refractivity contribution in [1.29, 1.82) is 0 Å². The molecule has 1 aliphatic rings. The molecule has 3 heterocycles. The minimum Gasteiger partial charge on any atom is -0.465 e. The quantitative estimate of drug-likeness (QED) is 0.709. The Morgan fingerprint density at radius 2 is 2.04 bits per heavy atom. The van der Waals surface area contributed by atoms with Gasteiger partial charge in [-0.05, 0) is 43.0 Å². The summed E-state index contributed by atoms with van der Waals surface area (Å²) in [5.74, 6) is 1.96. The van der Waals surface area contributed by atoms with Crippen LogP contribution in [0.2, 0.25) is 0 Å². The van der Waals surface area contributed by atoms with Gasteiger partial charge in [-0.25, -0.2) is 19.4 Å². The first-order valence-electron chi connectivity index (χ1n) is 9.34. The highest BCUT2D eigenvalue weighted by Crippen LogP contribution is 2.24. The maximum atomic E-state index is 10.7. The normalized spacial score (nSPS) is 14.8. The van der Waals surface area contributed by atoms with Crippen molar-refractivity contribution >= 4 is 11.9 Å². The Labute approximate surface area is 162 Å². The summed E-state index contributed by atoms with van der Waals surface area (Å²) in [6.45, 7) is 2.23. The molecular formula is C20H22N6O2. The van der Waals surface area contributed by atoms with Gasteiger partial charge in [0.05, 0.1) is 5.69 Å². The van der Waals surface area contributed by atoms with E-state index >= 15 is 0 Å². The number of benzene rings is 1. The van der Waals surface area contributed by atoms with Crippen LogP contribution in [0.5, 0.6) is 0 Å². The molecular weight excluding hydrogens is 356 g/mol. The largest absolute Gasteiger partial charge is 0.465 e. The molecule has 0 aliphatic carbocycles. The summed E-state index contributed by atoms with van der Waals surface area (Å²) in [6, 6.07) is 11.8. The smallest absolute Gasteiger partial charge is 0.404 e. The molecule has 1 fully saturated rings. The van der Waals surface area contributed by atoms with Crippen LogP contribution in [0.25, 0.3) is 17.1 Å². The summed E-state index contributed by atoms with van der Waals surface area (Å²) in [6.07, 6.45) is 6.36. The minimum absolute atomic E-state index is 0.374. The van der Waals surface area contributed by atoms with E-state index in [9.17, 15) is 4.79 Å². The third-order valence-corrected chi connectivity index (χ3v) is 4.99. The van der Waals surface area contributed by atoms with Crippen molar-refractivity contribution in [2.45, 2.75) is 12.8 Å². The molecule has 0 saturated carbocycles. The van der Waals surface area contributed by atoms with Crippen LogP contribution in [-0.2, 0) is 0 Å². The Kier molecular flexibility index (Phi) is 5.18. The number of rotatable bonds is 5. The zero-order valence-electron chi connectivity index (χ0n) is 15.4. The second-order valence-electron chi connectivity index (χ2n) is 6.86. The average molecular weight is 378 g/mol. The zero-order chi connectivity index (χ0) is 19.3. The third-order valence-electron chi connectivity index (χ3n) is 4.99. The van der Waals surface area contributed by atoms with E-state index in [4.69, 9.17) is 10.1 Å². The van der Waals surface area contributed by atoms with Crippen molar-refractivity contribution in [1.82, 2.24) is 25.1 Å². The summed E-state index contributed by atoms with van der Waals surface area (Å²) < 4.78 is 1.81. The van der Waals surface area contributed by atoms with Gasteiger partial charge in [0.15, 0.2) is 5.82 Å². The maximum absolute atomic E-state index is 10.7. The van der Waals surface area contributed by atoms with E-state index in [2.05, 4.69) is 20.3 Å². The van der Waals surface area contributed by atoms with E-state index in [1.54, 1.807) is 12.4 Å². The molecule has 2 N–H and O–H groups in total. The minimum atomic E-state index is -0.958. The Morgan fingerprint density at radius 1 is 1.18 bits per heavy atom. The Morgan fingerprint density at radius 3 is 2.79 bits per heavy atom. The van der Waals surface area contributed by atoms with Gasteiger partial charge < -0.3 is 15.3 Å². The maximum Gasteiger partial charge on any atom is 0.404 e. The van der Waals surface area contributed by atoms with E-state index in [-0.39, 0.29) is 0 Å². The van der Waals surface area contributed by atoms with Crippen LogP contribution < -0.4 is 10.2 Å². The first-order chi connectivity index (χ1) is 13.7. The van der Waals surface area contributed by atoms with Gasteiger partial charge in [0.2, 0.25) is 0 Å². The van der Waals surface area contributed by atoms with E-state index in [0.717, 1.165) is 43.0 Å². The summed E-state index contributed by atoms with van der Waals surface area (Å²) in [7, 11) is 0. The number of carbonyl (C=O) groups is 1. The average Bonchev–Trinajstić information content (AvgIpc) is 3.28. The highest BCUT2D eigenvalue weighted by atomic mass is 16.4. The molecule has 0 bridgehead atoms. The van der Waals surface area contributed by atoms with Gasteiger partial charge in [0.25, 0.3) is 0 Å². The number of aromatic nitrogens is 4. The Balaban J connectivity index is 1.47. The lowest BCUT2D eigenvalue weighted by Gasteiger charge is -2.32. The molecule has 1 amide bonds. The molecule has 8 heteroatoms. The molecule has 28 heavy (non-hydrogen) atoms. The molecule has 0 unspecified atom stereocenters. The number of hydrogen-bond acceptors (Lipinski definition) is 5. The lowest BCUT2D eigenvalue weighted by Crippen LogP contribution is -2.38. The van der Waals surface area contributed by atoms with Crippen LogP contribution in [0, 0.1) is 5.92 Å². The standard InChI is InChI=1S/C20H22N6O2/c27-20(28)22-14-15-6-11-25(12-7-15)18-5-9-21-19(24-18)16-3-1-4-17(13-16)26-10-2-8-23-26/h1-5,8-10,13,15,22H,6-7,11-12,14H2,(H,27,28). The lowest BCUT2D eigenvalue weighted by molar-refractivity contribution is 0.191. The second-order valence-corrected chi connectivity index (χ2v) is 6.86. The molecule has 8 nitrogen and oxygen atoms in total. The van der Waals surface area contributed by atoms with Crippen LogP contribution in [-0.4, -0.2) is 50.6 Å². The number of hydrogen-bond donors (Lipinski definition) is 2. The first kappa shape index (κ1) is 18.0. The predicted octanol–water partition coefficient (Wildman–Crippen LogP) is 2.81. The first-order valence-corrected chi connectivity index (χ1v) is 9.34. The van der Waals surface area contributed by atoms with Crippen LogP contribution in [0.4, 0.5) is 10.6 Å². The Hall–Kier alpha value is -3.42. The molecule has 4 rings (SSSR count). The van der Waals surface area contributed by atoms with Crippen LogP contribution >= 0.6 is 0 Å². The number of anilines is 1. The van der Waals surface area contributed by atoms with Gasteiger partial charge in [0, 0.05) is 43.8 Å². The van der Waals surface area contributed by atoms with E-state index in [1.807, 2.05) is 47.3 Å². The van der Waals surface area contributed by atoms with Crippen molar-refractivity contribution in [3.63, 3.8) is 0 Å². The molecule has 1 aromatic carbocycles. The molecule has 1 saturated heterocycles. The fourth-order valence-electron chi connectivity index (χ4n) is 3.47. The van der Waals surface area contributed by atoms with Gasteiger partial charge in [-0.1, -0.05) is 12.1 Å². The number of nitrogens with zero attached hydrogens (tertiary/aromatic N) is 5. The van der Waals surface area contributed by atoms with Crippen molar-refractivity contribution < 1.29 is 9.90 Å². The molecule has 2 aromatic heterocycles. The molecule has 0 atom stereocenters. The summed E-state index contributed by atoms with van der Waals surface area (Å²) in [5.41, 5.74) is 1.90. The van der Waals surface area contributed by atoms with Crippen molar-refractivity contribution in [2.75, 3.05) is 24.5 Å². The number of amides is 1. The predicted molar refractivity (Wildman–Crippen MR) is 106 cm³/mol. The molecule has 144 valence electrons. The molecule has 1 aliphatic heterocycles. The zero-order valence-corrected chi connectivity index (χ0v) is 15.4. The molecule has 0 spiro atoms. The topological polar surface area (TPSA) is 96.2 Å². The SMILES string of the molecule is O=C(O)NCC1CCN(c2ccnc(-c3cccc(-n4cccn4)c3)n2)CC1. The highest BCUT2D eigenvalue weighted by Gasteiger charge is 2.21. The number of nitrogens with one attached hydrogen (secondary N) is 1. The summed E-state index contributed by atoms with van der Waals surface area (Å²) in [5, 5.41) is 15.5. The fourth-order valence-corrected chi connectivity index (χ4v) is 3.47. The van der Waals surface area contributed by atoms with E-state index in [1.165, 1.54) is 0 Å². The highest BCUT2D eigenvalue weighted by molar-refractivity contribution is 5.64. The van der Waals surface area contributed by atoms with Gasteiger partial charge >= 0.3 is 6.09 Å². The fraction of sp³-hybridized carbons (Fsp3) is 0.300. The van der Waals surface area contributed by atoms with Crippen molar-refractivity contribution in [2.24, 2.45) is 5.92 Å². The molecule has 3 aromatic rings. The monoisotopic (exact) mass is 378 g/mol. The summed E-state index contributed by atoms with van der Waals surface area (Å²) >= 11 is 0. The van der Waals surface area contributed by atoms with E-state index in [0.29, 0.717) is 18.3 Å². The van der Waals surface area contributed by atoms with Crippen molar-refractivity contribution in [3.8, 4) is 17.1 Å². The van der Waals surface area contributed by atoms with E-state index < -0.39 is 6.09 Å². The summed E-state index contributed by atoms with van der Waals surface area (Å²) in [4.78, 5) is 22.1. The van der Waals surface area contributed by atoms with Crippen LogP contribution in [0.15, 0.2) is 55.0 Å². The number of piperidine rings is 1. The van der Waals surface area contributed by atoms with Crippen LogP contribution in [0.1, 0.15) is 12.8 Å². The van der Waals surface area contributed by atoms with Crippen molar-refractivity contribution in [3.05, 3.63) is 55.0 Å². The van der Waals surface area contributed by atoms with Crippen LogP contribution in [0.3, 0.4) is 0 Å². The van der Waals surface area contributed by atoms with Gasteiger partial charge in [-0.2, -0.15) is 5.10 Å². The molecule has 0 radical (unpaired) electrons. The third kappa shape index (κ3) is 4.11. The number of carboxylic acid groups (broad SMARTS) is 1. The lowest BCUT2D eigenvalue weighted by atomic mass is 9.97. The van der Waals surface area contributed by atoms with Gasteiger partial charge in [-0.3, -0.25) is 0 Å². The Bertz CT molecular complexity index is 935.